The van der Waals surface area contributed by atoms with Gasteiger partial charge in [-0.15, -0.1) is 0 Å². The van der Waals surface area contributed by atoms with Gasteiger partial charge in [0.1, 0.15) is 0 Å². The Hall–Kier alpha value is -1.28. The van der Waals surface area contributed by atoms with Gasteiger partial charge in [-0.2, -0.15) is 0 Å². The van der Waals surface area contributed by atoms with Gasteiger partial charge in [-0.1, -0.05) is 18.2 Å². The van der Waals surface area contributed by atoms with Gasteiger partial charge in [0.05, 0.1) is 5.52 Å². The van der Waals surface area contributed by atoms with Crippen molar-refractivity contribution in [3.05, 3.63) is 36.0 Å². The molecule has 0 radical (unpaired) electrons. The predicted octanol–water partition coefficient (Wildman–Crippen LogP) is 3.37. The first-order chi connectivity index (χ1) is 8.24. The molecule has 1 aromatic carbocycles. The van der Waals surface area contributed by atoms with E-state index in [2.05, 4.69) is 54.2 Å². The Morgan fingerprint density at radius 2 is 2.06 bits per heavy atom. The van der Waals surface area contributed by atoms with E-state index in [1.54, 1.807) is 0 Å². The van der Waals surface area contributed by atoms with Crippen LogP contribution in [0.1, 0.15) is 31.9 Å². The lowest BCUT2D eigenvalue weighted by Gasteiger charge is -2.13. The quantitative estimate of drug-likeness (QED) is 0.779. The largest absolute Gasteiger partial charge is 0.345 e. The van der Waals surface area contributed by atoms with Crippen LogP contribution >= 0.6 is 0 Å². The van der Waals surface area contributed by atoms with E-state index in [1.165, 1.54) is 22.9 Å². The normalized spacial score (nSPS) is 11.5. The fraction of sp³-hybridized carbons (Fsp3) is 0.467. The van der Waals surface area contributed by atoms with Crippen molar-refractivity contribution in [2.45, 2.75) is 32.7 Å². The Morgan fingerprint density at radius 3 is 2.76 bits per heavy atom. The Balaban J connectivity index is 2.36. The number of rotatable bonds is 5. The van der Waals surface area contributed by atoms with Gasteiger partial charge in [-0.05, 0) is 57.3 Å². The summed E-state index contributed by atoms with van der Waals surface area (Å²) in [6, 6.07) is 9.38. The number of nitrogens with zero attached hydrogens (tertiary/aromatic N) is 1. The number of hydrogen-bond acceptors (Lipinski definition) is 1. The Morgan fingerprint density at radius 1 is 1.24 bits per heavy atom. The van der Waals surface area contributed by atoms with Crippen LogP contribution in [0, 0.1) is 0 Å². The van der Waals surface area contributed by atoms with Crippen LogP contribution in [0.5, 0.6) is 0 Å². The molecule has 0 aliphatic rings. The molecule has 2 nitrogen and oxygen atoms in total. The van der Waals surface area contributed by atoms with E-state index in [1.807, 2.05) is 7.05 Å². The maximum absolute atomic E-state index is 3.21. The number of aromatic nitrogens is 1. The van der Waals surface area contributed by atoms with Crippen LogP contribution in [0.15, 0.2) is 30.5 Å². The summed E-state index contributed by atoms with van der Waals surface area (Å²) >= 11 is 0. The van der Waals surface area contributed by atoms with Gasteiger partial charge in [0.15, 0.2) is 0 Å². The lowest BCUT2D eigenvalue weighted by atomic mass is 10.1. The molecule has 2 heteroatoms. The Labute approximate surface area is 104 Å². The highest BCUT2D eigenvalue weighted by molar-refractivity contribution is 5.83. The summed E-state index contributed by atoms with van der Waals surface area (Å²) in [6.45, 7) is 5.56. The molecule has 2 aromatic rings. The molecule has 0 saturated heterocycles. The van der Waals surface area contributed by atoms with E-state index >= 15 is 0 Å². The number of fused-ring (bicyclic) bond motifs is 1. The van der Waals surface area contributed by atoms with E-state index in [-0.39, 0.29) is 0 Å². The molecule has 0 aliphatic heterocycles. The summed E-state index contributed by atoms with van der Waals surface area (Å²) in [4.78, 5) is 0. The zero-order chi connectivity index (χ0) is 12.3. The lowest BCUT2D eigenvalue weighted by Crippen LogP contribution is -2.09. The molecule has 0 amide bonds. The first kappa shape index (κ1) is 12.2. The maximum Gasteiger partial charge on any atom is 0.0515 e. The highest BCUT2D eigenvalue weighted by atomic mass is 15.0. The monoisotopic (exact) mass is 230 g/mol. The number of aryl methyl sites for hydroxylation is 1. The SMILES string of the molecule is CNCCCc1cccc2ccn(C(C)C)c12. The highest BCUT2D eigenvalue weighted by Gasteiger charge is 2.08. The molecule has 92 valence electrons. The van der Waals surface area contributed by atoms with Crippen LogP contribution in [0.3, 0.4) is 0 Å². The molecule has 0 spiro atoms. The third-order valence-electron chi connectivity index (χ3n) is 3.25. The fourth-order valence-electron chi connectivity index (χ4n) is 2.38. The topological polar surface area (TPSA) is 17.0 Å². The molecule has 0 atom stereocenters. The van der Waals surface area contributed by atoms with Crippen LogP contribution in [0.25, 0.3) is 10.9 Å². The summed E-state index contributed by atoms with van der Waals surface area (Å²) in [5.74, 6) is 0. The summed E-state index contributed by atoms with van der Waals surface area (Å²) in [5.41, 5.74) is 2.88. The molecule has 0 saturated carbocycles. The molecular weight excluding hydrogens is 208 g/mol. The van der Waals surface area contributed by atoms with Gasteiger partial charge in [-0.3, -0.25) is 0 Å². The first-order valence-electron chi connectivity index (χ1n) is 6.47. The van der Waals surface area contributed by atoms with Crippen LogP contribution in [-0.4, -0.2) is 18.2 Å². The van der Waals surface area contributed by atoms with Gasteiger partial charge < -0.3 is 9.88 Å². The molecule has 0 unspecified atom stereocenters. The highest BCUT2D eigenvalue weighted by Crippen LogP contribution is 2.24. The molecule has 2 rings (SSSR count). The van der Waals surface area contributed by atoms with Crippen LogP contribution in [-0.2, 0) is 6.42 Å². The average Bonchev–Trinajstić information content (AvgIpc) is 2.74. The minimum absolute atomic E-state index is 0.526. The molecule has 1 N–H and O–H groups in total. The molecular formula is C15H22N2. The zero-order valence-electron chi connectivity index (χ0n) is 11.0. The molecule has 1 aromatic heterocycles. The summed E-state index contributed by atoms with van der Waals surface area (Å²) < 4.78 is 2.38. The van der Waals surface area contributed by atoms with Crippen molar-refractivity contribution < 1.29 is 0 Å². The van der Waals surface area contributed by atoms with Crippen LogP contribution < -0.4 is 5.32 Å². The minimum atomic E-state index is 0.526. The predicted molar refractivity (Wildman–Crippen MR) is 74.6 cm³/mol. The fourth-order valence-corrected chi connectivity index (χ4v) is 2.38. The number of para-hydroxylation sites is 1. The summed E-state index contributed by atoms with van der Waals surface area (Å²) in [7, 11) is 2.01. The second-order valence-electron chi connectivity index (χ2n) is 4.88. The van der Waals surface area contributed by atoms with Gasteiger partial charge in [0, 0.05) is 12.2 Å². The van der Waals surface area contributed by atoms with Gasteiger partial charge in [0.25, 0.3) is 0 Å². The molecule has 0 bridgehead atoms. The minimum Gasteiger partial charge on any atom is -0.345 e. The van der Waals surface area contributed by atoms with Crippen molar-refractivity contribution in [2.75, 3.05) is 13.6 Å². The van der Waals surface area contributed by atoms with Crippen molar-refractivity contribution in [1.82, 2.24) is 9.88 Å². The summed E-state index contributed by atoms with van der Waals surface area (Å²) in [6.07, 6.45) is 4.55. The van der Waals surface area contributed by atoms with Crippen molar-refractivity contribution in [2.24, 2.45) is 0 Å². The number of nitrogens with one attached hydrogen (secondary N) is 1. The van der Waals surface area contributed by atoms with E-state index in [0.29, 0.717) is 6.04 Å². The number of benzene rings is 1. The van der Waals surface area contributed by atoms with E-state index in [0.717, 1.165) is 13.0 Å². The standard InChI is InChI=1S/C15H22N2/c1-12(2)17-11-9-14-7-4-6-13(15(14)17)8-5-10-16-3/h4,6-7,9,11-12,16H,5,8,10H2,1-3H3. The second-order valence-corrected chi connectivity index (χ2v) is 4.88. The second kappa shape index (κ2) is 5.37. The third-order valence-corrected chi connectivity index (χ3v) is 3.25. The summed E-state index contributed by atoms with van der Waals surface area (Å²) in [5, 5.41) is 4.57. The Bertz CT molecular complexity index is 483. The smallest absolute Gasteiger partial charge is 0.0515 e. The van der Waals surface area contributed by atoms with E-state index in [9.17, 15) is 0 Å². The van der Waals surface area contributed by atoms with Crippen molar-refractivity contribution in [3.8, 4) is 0 Å². The van der Waals surface area contributed by atoms with Crippen LogP contribution in [0.4, 0.5) is 0 Å². The molecule has 1 heterocycles. The zero-order valence-corrected chi connectivity index (χ0v) is 11.0. The van der Waals surface area contributed by atoms with Gasteiger partial charge in [0.2, 0.25) is 0 Å². The molecule has 17 heavy (non-hydrogen) atoms. The van der Waals surface area contributed by atoms with Crippen LogP contribution in [0.2, 0.25) is 0 Å². The third kappa shape index (κ3) is 2.52. The average molecular weight is 230 g/mol. The van der Waals surface area contributed by atoms with E-state index < -0.39 is 0 Å². The maximum atomic E-state index is 3.21. The molecule has 0 aliphatic carbocycles. The van der Waals surface area contributed by atoms with E-state index in [4.69, 9.17) is 0 Å². The van der Waals surface area contributed by atoms with Crippen molar-refractivity contribution in [3.63, 3.8) is 0 Å². The van der Waals surface area contributed by atoms with Gasteiger partial charge >= 0.3 is 0 Å². The first-order valence-corrected chi connectivity index (χ1v) is 6.47. The lowest BCUT2D eigenvalue weighted by molar-refractivity contribution is 0.619. The molecule has 0 fully saturated rings. The van der Waals surface area contributed by atoms with Crippen molar-refractivity contribution >= 4 is 10.9 Å². The van der Waals surface area contributed by atoms with Crippen molar-refractivity contribution in [1.29, 1.82) is 0 Å². The Kier molecular flexibility index (Phi) is 3.85. The van der Waals surface area contributed by atoms with Gasteiger partial charge in [-0.25, -0.2) is 0 Å². The number of hydrogen-bond donors (Lipinski definition) is 1.